The normalized spacial score (nSPS) is 9.53. The molecule has 1 aromatic rings. The Morgan fingerprint density at radius 3 is 2.47 bits per heavy atom. The summed E-state index contributed by atoms with van der Waals surface area (Å²) in [6, 6.07) is 9.34. The van der Waals surface area contributed by atoms with Gasteiger partial charge in [-0.15, -0.1) is 0 Å². The number of benzene rings is 1. The highest BCUT2D eigenvalue weighted by Crippen LogP contribution is 2.00. The Bertz CT molecular complexity index is 377. The van der Waals surface area contributed by atoms with Crippen molar-refractivity contribution in [1.29, 1.82) is 0 Å². The van der Waals surface area contributed by atoms with Crippen molar-refractivity contribution in [3.05, 3.63) is 35.9 Å². The van der Waals surface area contributed by atoms with Crippen molar-refractivity contribution in [3.8, 4) is 0 Å². The number of amides is 2. The van der Waals surface area contributed by atoms with E-state index in [4.69, 9.17) is 4.74 Å². The molecular formula is C12H16N2O3. The quantitative estimate of drug-likeness (QED) is 0.848. The van der Waals surface area contributed by atoms with Gasteiger partial charge in [0, 0.05) is 14.1 Å². The van der Waals surface area contributed by atoms with E-state index >= 15 is 0 Å². The Hall–Kier alpha value is -2.04. The van der Waals surface area contributed by atoms with E-state index in [1.165, 1.54) is 4.90 Å². The summed E-state index contributed by atoms with van der Waals surface area (Å²) in [6.45, 7) is 0.142. The van der Waals surface area contributed by atoms with Crippen LogP contribution in [0.15, 0.2) is 30.3 Å². The average Bonchev–Trinajstić information content (AvgIpc) is 2.34. The number of nitrogens with one attached hydrogen (secondary N) is 1. The Morgan fingerprint density at radius 2 is 1.88 bits per heavy atom. The smallest absolute Gasteiger partial charge is 0.407 e. The van der Waals surface area contributed by atoms with Gasteiger partial charge in [0.05, 0.1) is 0 Å². The minimum absolute atomic E-state index is 0.0549. The molecule has 2 amide bonds. The van der Waals surface area contributed by atoms with Gasteiger partial charge in [0.2, 0.25) is 5.91 Å². The molecule has 1 rings (SSSR count). The number of carbonyl (C=O) groups is 2. The first-order valence-electron chi connectivity index (χ1n) is 5.24. The summed E-state index contributed by atoms with van der Waals surface area (Å²) in [6.07, 6.45) is -0.593. The van der Waals surface area contributed by atoms with Gasteiger partial charge in [-0.05, 0) is 5.56 Å². The Balaban J connectivity index is 2.24. The van der Waals surface area contributed by atoms with Crippen LogP contribution in [0.5, 0.6) is 0 Å². The van der Waals surface area contributed by atoms with Crippen LogP contribution in [0.4, 0.5) is 4.79 Å². The van der Waals surface area contributed by atoms with E-state index in [1.807, 2.05) is 30.3 Å². The first-order chi connectivity index (χ1) is 8.09. The highest BCUT2D eigenvalue weighted by molar-refractivity contribution is 5.81. The molecule has 5 heteroatoms. The molecule has 17 heavy (non-hydrogen) atoms. The van der Waals surface area contributed by atoms with Gasteiger partial charge in [-0.3, -0.25) is 4.79 Å². The number of ether oxygens (including phenoxy) is 1. The molecule has 0 heterocycles. The summed E-state index contributed by atoms with van der Waals surface area (Å²) in [5.74, 6) is -0.179. The van der Waals surface area contributed by atoms with Crippen LogP contribution in [0.25, 0.3) is 0 Å². The van der Waals surface area contributed by atoms with Crippen LogP contribution >= 0.6 is 0 Å². The van der Waals surface area contributed by atoms with E-state index in [0.29, 0.717) is 0 Å². The van der Waals surface area contributed by atoms with Crippen molar-refractivity contribution in [2.45, 2.75) is 6.61 Å². The van der Waals surface area contributed by atoms with E-state index < -0.39 is 6.09 Å². The van der Waals surface area contributed by atoms with Crippen LogP contribution in [0.3, 0.4) is 0 Å². The zero-order chi connectivity index (χ0) is 12.7. The fourth-order valence-electron chi connectivity index (χ4n) is 1.08. The molecule has 1 N–H and O–H groups in total. The van der Waals surface area contributed by atoms with Gasteiger partial charge in [-0.1, -0.05) is 30.3 Å². The molecular weight excluding hydrogens is 220 g/mol. The standard InChI is InChI=1S/C12H16N2O3/c1-14(2)11(15)8-13-12(16)17-9-10-6-4-3-5-7-10/h3-7H,8-9H2,1-2H3,(H,13,16). The fourth-order valence-corrected chi connectivity index (χ4v) is 1.08. The summed E-state index contributed by atoms with van der Waals surface area (Å²) < 4.78 is 4.94. The van der Waals surface area contributed by atoms with Crippen molar-refractivity contribution in [3.63, 3.8) is 0 Å². The van der Waals surface area contributed by atoms with E-state index in [-0.39, 0.29) is 19.1 Å². The number of carbonyl (C=O) groups excluding carboxylic acids is 2. The highest BCUT2D eigenvalue weighted by atomic mass is 16.5. The number of likely N-dealkylation sites (N-methyl/N-ethyl adjacent to an activating group) is 1. The first kappa shape index (κ1) is 13.0. The lowest BCUT2D eigenvalue weighted by atomic mass is 10.2. The maximum atomic E-state index is 11.2. The zero-order valence-corrected chi connectivity index (χ0v) is 9.97. The number of hydrogen-bond acceptors (Lipinski definition) is 3. The second kappa shape index (κ2) is 6.52. The summed E-state index contributed by atoms with van der Waals surface area (Å²) in [5, 5.41) is 2.38. The molecule has 0 atom stereocenters. The monoisotopic (exact) mass is 236 g/mol. The van der Waals surface area contributed by atoms with Crippen LogP contribution in [0.2, 0.25) is 0 Å². The Labute approximate surface area is 100 Å². The first-order valence-corrected chi connectivity index (χ1v) is 5.24. The van der Waals surface area contributed by atoms with Crippen LogP contribution in [-0.4, -0.2) is 37.5 Å². The molecule has 0 saturated carbocycles. The van der Waals surface area contributed by atoms with Gasteiger partial charge in [0.15, 0.2) is 0 Å². The zero-order valence-electron chi connectivity index (χ0n) is 9.97. The van der Waals surface area contributed by atoms with Crippen molar-refractivity contribution < 1.29 is 14.3 Å². The number of nitrogens with zero attached hydrogens (tertiary/aromatic N) is 1. The number of rotatable bonds is 4. The largest absolute Gasteiger partial charge is 0.445 e. The molecule has 0 saturated heterocycles. The Kier molecular flexibility index (Phi) is 5.00. The van der Waals surface area contributed by atoms with Crippen molar-refractivity contribution in [2.24, 2.45) is 0 Å². The summed E-state index contributed by atoms with van der Waals surface area (Å²) in [7, 11) is 3.25. The second-order valence-corrected chi connectivity index (χ2v) is 3.70. The molecule has 0 aliphatic heterocycles. The lowest BCUT2D eigenvalue weighted by molar-refractivity contribution is -0.127. The molecule has 0 aromatic heterocycles. The lowest BCUT2D eigenvalue weighted by Gasteiger charge is -2.11. The molecule has 5 nitrogen and oxygen atoms in total. The SMILES string of the molecule is CN(C)C(=O)CNC(=O)OCc1ccccc1. The van der Waals surface area contributed by atoms with E-state index in [9.17, 15) is 9.59 Å². The fraction of sp³-hybridized carbons (Fsp3) is 0.333. The summed E-state index contributed by atoms with van der Waals surface area (Å²) in [4.78, 5) is 23.8. The van der Waals surface area contributed by atoms with Crippen molar-refractivity contribution in [1.82, 2.24) is 10.2 Å². The van der Waals surface area contributed by atoms with E-state index in [2.05, 4.69) is 5.32 Å². The third-order valence-electron chi connectivity index (χ3n) is 2.10. The molecule has 0 radical (unpaired) electrons. The molecule has 0 unspecified atom stereocenters. The number of hydrogen-bond donors (Lipinski definition) is 1. The van der Waals surface area contributed by atoms with Gasteiger partial charge < -0.3 is 15.0 Å². The maximum Gasteiger partial charge on any atom is 0.407 e. The van der Waals surface area contributed by atoms with Crippen LogP contribution in [-0.2, 0) is 16.1 Å². The van der Waals surface area contributed by atoms with Crippen LogP contribution in [0.1, 0.15) is 5.56 Å². The topological polar surface area (TPSA) is 58.6 Å². The third kappa shape index (κ3) is 5.01. The Morgan fingerprint density at radius 1 is 1.24 bits per heavy atom. The maximum absolute atomic E-state index is 11.2. The van der Waals surface area contributed by atoms with E-state index in [0.717, 1.165) is 5.56 Å². The van der Waals surface area contributed by atoms with Gasteiger partial charge >= 0.3 is 6.09 Å². The van der Waals surface area contributed by atoms with E-state index in [1.54, 1.807) is 14.1 Å². The van der Waals surface area contributed by atoms with Gasteiger partial charge in [-0.2, -0.15) is 0 Å². The van der Waals surface area contributed by atoms with Crippen molar-refractivity contribution >= 4 is 12.0 Å². The summed E-state index contributed by atoms with van der Waals surface area (Å²) in [5.41, 5.74) is 0.904. The molecule has 0 bridgehead atoms. The average molecular weight is 236 g/mol. The lowest BCUT2D eigenvalue weighted by Crippen LogP contribution is -2.36. The van der Waals surface area contributed by atoms with Crippen LogP contribution < -0.4 is 5.32 Å². The predicted molar refractivity (Wildman–Crippen MR) is 63.3 cm³/mol. The minimum atomic E-state index is -0.593. The summed E-state index contributed by atoms with van der Waals surface area (Å²) >= 11 is 0. The van der Waals surface area contributed by atoms with Crippen LogP contribution in [0, 0.1) is 0 Å². The second-order valence-electron chi connectivity index (χ2n) is 3.70. The molecule has 0 aliphatic carbocycles. The highest BCUT2D eigenvalue weighted by Gasteiger charge is 2.07. The number of alkyl carbamates (subject to hydrolysis) is 1. The van der Waals surface area contributed by atoms with Gasteiger partial charge in [0.25, 0.3) is 0 Å². The minimum Gasteiger partial charge on any atom is -0.445 e. The van der Waals surface area contributed by atoms with Gasteiger partial charge in [0.1, 0.15) is 13.2 Å². The van der Waals surface area contributed by atoms with Gasteiger partial charge in [-0.25, -0.2) is 4.79 Å². The molecule has 0 fully saturated rings. The van der Waals surface area contributed by atoms with Crippen molar-refractivity contribution in [2.75, 3.05) is 20.6 Å². The molecule has 92 valence electrons. The third-order valence-corrected chi connectivity index (χ3v) is 2.10. The molecule has 0 spiro atoms. The molecule has 1 aromatic carbocycles. The predicted octanol–water partition coefficient (Wildman–Crippen LogP) is 1.00. The molecule has 0 aliphatic rings.